The van der Waals surface area contributed by atoms with E-state index in [-0.39, 0.29) is 12.1 Å². The molecule has 1 aliphatic heterocycles. The van der Waals surface area contributed by atoms with Crippen LogP contribution in [-0.4, -0.2) is 40.6 Å². The Bertz CT molecular complexity index is 357. The lowest BCUT2D eigenvalue weighted by Gasteiger charge is -2.36. The van der Waals surface area contributed by atoms with Crippen molar-refractivity contribution in [2.45, 2.75) is 70.4 Å². The Hall–Kier alpha value is -1.26. The maximum absolute atomic E-state index is 12.4. The van der Waals surface area contributed by atoms with Gasteiger partial charge in [0.05, 0.1) is 5.92 Å². The van der Waals surface area contributed by atoms with Gasteiger partial charge in [0, 0.05) is 18.6 Å². The molecule has 0 aromatic heterocycles. The lowest BCUT2D eigenvalue weighted by Crippen LogP contribution is -2.52. The summed E-state index contributed by atoms with van der Waals surface area (Å²) in [7, 11) is 0. The fourth-order valence-electron chi connectivity index (χ4n) is 3.57. The Morgan fingerprint density at radius 2 is 2.00 bits per heavy atom. The SMILES string of the molecule is CCCC1CCCCN1C(=O)NC1CCCC1C(=O)O. The summed E-state index contributed by atoms with van der Waals surface area (Å²) in [5.41, 5.74) is 0. The number of carboxylic acids is 1. The molecule has 3 unspecified atom stereocenters. The highest BCUT2D eigenvalue weighted by Crippen LogP contribution is 2.27. The molecule has 0 aromatic rings. The molecular formula is C15H26N2O3. The first-order valence-corrected chi connectivity index (χ1v) is 7.93. The monoisotopic (exact) mass is 282 g/mol. The van der Waals surface area contributed by atoms with Crippen LogP contribution in [0.3, 0.4) is 0 Å². The van der Waals surface area contributed by atoms with Gasteiger partial charge in [0.1, 0.15) is 0 Å². The van der Waals surface area contributed by atoms with E-state index >= 15 is 0 Å². The van der Waals surface area contributed by atoms with E-state index < -0.39 is 11.9 Å². The van der Waals surface area contributed by atoms with Gasteiger partial charge in [-0.15, -0.1) is 0 Å². The maximum Gasteiger partial charge on any atom is 0.317 e. The second-order valence-electron chi connectivity index (χ2n) is 6.06. The average Bonchev–Trinajstić information content (AvgIpc) is 2.88. The zero-order valence-corrected chi connectivity index (χ0v) is 12.3. The number of carboxylic acid groups (broad SMARTS) is 1. The highest BCUT2D eigenvalue weighted by atomic mass is 16.4. The van der Waals surface area contributed by atoms with Crippen molar-refractivity contribution in [2.75, 3.05) is 6.54 Å². The number of nitrogens with zero attached hydrogens (tertiary/aromatic N) is 1. The molecule has 20 heavy (non-hydrogen) atoms. The van der Waals surface area contributed by atoms with Crippen LogP contribution in [0.5, 0.6) is 0 Å². The van der Waals surface area contributed by atoms with Crippen LogP contribution in [0.2, 0.25) is 0 Å². The minimum Gasteiger partial charge on any atom is -0.481 e. The summed E-state index contributed by atoms with van der Waals surface area (Å²) in [6.07, 6.45) is 7.80. The van der Waals surface area contributed by atoms with Crippen molar-refractivity contribution in [2.24, 2.45) is 5.92 Å². The topological polar surface area (TPSA) is 69.6 Å². The van der Waals surface area contributed by atoms with E-state index in [1.165, 1.54) is 6.42 Å². The Kier molecular flexibility index (Phi) is 5.26. The third-order valence-electron chi connectivity index (χ3n) is 4.65. The number of rotatable bonds is 4. The molecule has 0 aromatic carbocycles. The summed E-state index contributed by atoms with van der Waals surface area (Å²) in [5, 5.41) is 12.2. The molecule has 0 radical (unpaired) electrons. The number of carbonyl (C=O) groups is 2. The number of nitrogens with one attached hydrogen (secondary N) is 1. The average molecular weight is 282 g/mol. The summed E-state index contributed by atoms with van der Waals surface area (Å²) in [4.78, 5) is 25.5. The van der Waals surface area contributed by atoms with E-state index in [1.807, 2.05) is 4.90 Å². The van der Waals surface area contributed by atoms with E-state index in [4.69, 9.17) is 0 Å². The van der Waals surface area contributed by atoms with E-state index in [2.05, 4.69) is 12.2 Å². The lowest BCUT2D eigenvalue weighted by molar-refractivity contribution is -0.142. The quantitative estimate of drug-likeness (QED) is 0.832. The van der Waals surface area contributed by atoms with Crippen molar-refractivity contribution in [1.29, 1.82) is 0 Å². The van der Waals surface area contributed by atoms with Gasteiger partial charge in [-0.1, -0.05) is 19.8 Å². The van der Waals surface area contributed by atoms with Crippen molar-refractivity contribution in [1.82, 2.24) is 10.2 Å². The Labute approximate surface area is 120 Å². The van der Waals surface area contributed by atoms with Crippen molar-refractivity contribution >= 4 is 12.0 Å². The van der Waals surface area contributed by atoms with Crippen molar-refractivity contribution in [3.05, 3.63) is 0 Å². The second kappa shape index (κ2) is 6.95. The first-order valence-electron chi connectivity index (χ1n) is 7.93. The summed E-state index contributed by atoms with van der Waals surface area (Å²) in [6, 6.07) is 0.0870. The standard InChI is InChI=1S/C15H26N2O3/c1-2-6-11-7-3-4-10-17(11)15(20)16-13-9-5-8-12(13)14(18)19/h11-13H,2-10H2,1H3,(H,16,20)(H,18,19). The smallest absolute Gasteiger partial charge is 0.317 e. The highest BCUT2D eigenvalue weighted by molar-refractivity contribution is 5.77. The van der Waals surface area contributed by atoms with Gasteiger partial charge in [0.15, 0.2) is 0 Å². The maximum atomic E-state index is 12.4. The molecule has 2 fully saturated rings. The van der Waals surface area contributed by atoms with Crippen LogP contribution in [0.4, 0.5) is 4.79 Å². The molecule has 5 nitrogen and oxygen atoms in total. The van der Waals surface area contributed by atoms with Crippen LogP contribution in [0.25, 0.3) is 0 Å². The number of carbonyl (C=O) groups excluding carboxylic acids is 1. The number of amides is 2. The molecule has 1 saturated carbocycles. The summed E-state index contributed by atoms with van der Waals surface area (Å²) in [5.74, 6) is -1.19. The Balaban J connectivity index is 1.94. The van der Waals surface area contributed by atoms with Gasteiger partial charge in [-0.2, -0.15) is 0 Å². The predicted octanol–water partition coefficient (Wildman–Crippen LogP) is 2.60. The first kappa shape index (κ1) is 15.1. The molecule has 2 rings (SSSR count). The summed E-state index contributed by atoms with van der Waals surface area (Å²) < 4.78 is 0. The van der Waals surface area contributed by atoms with Crippen LogP contribution >= 0.6 is 0 Å². The van der Waals surface area contributed by atoms with E-state index in [1.54, 1.807) is 0 Å². The molecule has 1 heterocycles. The minimum atomic E-state index is -0.781. The third-order valence-corrected chi connectivity index (χ3v) is 4.65. The number of urea groups is 1. The molecule has 2 amide bonds. The summed E-state index contributed by atoms with van der Waals surface area (Å²) >= 11 is 0. The van der Waals surface area contributed by atoms with Crippen molar-refractivity contribution < 1.29 is 14.7 Å². The molecule has 2 aliphatic rings. The van der Waals surface area contributed by atoms with Gasteiger partial charge in [0.25, 0.3) is 0 Å². The molecule has 0 spiro atoms. The van der Waals surface area contributed by atoms with E-state index in [0.717, 1.165) is 45.1 Å². The van der Waals surface area contributed by atoms with Crippen LogP contribution in [0.1, 0.15) is 58.3 Å². The van der Waals surface area contributed by atoms with Gasteiger partial charge in [-0.25, -0.2) is 4.79 Å². The van der Waals surface area contributed by atoms with Gasteiger partial charge in [-0.3, -0.25) is 4.79 Å². The zero-order chi connectivity index (χ0) is 14.5. The van der Waals surface area contributed by atoms with Gasteiger partial charge < -0.3 is 15.3 Å². The molecule has 5 heteroatoms. The van der Waals surface area contributed by atoms with Crippen LogP contribution in [-0.2, 0) is 4.79 Å². The van der Waals surface area contributed by atoms with E-state index in [0.29, 0.717) is 12.5 Å². The first-order chi connectivity index (χ1) is 9.63. The Morgan fingerprint density at radius 1 is 1.20 bits per heavy atom. The minimum absolute atomic E-state index is 0.0544. The molecular weight excluding hydrogens is 256 g/mol. The van der Waals surface area contributed by atoms with Crippen LogP contribution in [0.15, 0.2) is 0 Å². The summed E-state index contributed by atoms with van der Waals surface area (Å²) in [6.45, 7) is 2.95. The van der Waals surface area contributed by atoms with Gasteiger partial charge in [-0.05, 0) is 38.5 Å². The number of aliphatic carboxylic acids is 1. The molecule has 0 bridgehead atoms. The van der Waals surface area contributed by atoms with Crippen LogP contribution < -0.4 is 5.32 Å². The van der Waals surface area contributed by atoms with Crippen LogP contribution in [0, 0.1) is 5.92 Å². The third kappa shape index (κ3) is 3.44. The molecule has 114 valence electrons. The second-order valence-corrected chi connectivity index (χ2v) is 6.06. The predicted molar refractivity (Wildman–Crippen MR) is 76.5 cm³/mol. The molecule has 1 aliphatic carbocycles. The van der Waals surface area contributed by atoms with Gasteiger partial charge in [0.2, 0.25) is 0 Å². The number of piperidine rings is 1. The Morgan fingerprint density at radius 3 is 2.70 bits per heavy atom. The molecule has 3 atom stereocenters. The highest BCUT2D eigenvalue weighted by Gasteiger charge is 2.36. The number of likely N-dealkylation sites (tertiary alicyclic amines) is 1. The fraction of sp³-hybridized carbons (Fsp3) is 0.867. The largest absolute Gasteiger partial charge is 0.481 e. The number of hydrogen-bond donors (Lipinski definition) is 2. The zero-order valence-electron chi connectivity index (χ0n) is 12.3. The normalized spacial score (nSPS) is 30.2. The van der Waals surface area contributed by atoms with Crippen molar-refractivity contribution in [3.63, 3.8) is 0 Å². The lowest BCUT2D eigenvalue weighted by atomic mass is 9.98. The van der Waals surface area contributed by atoms with Gasteiger partial charge >= 0.3 is 12.0 Å². The molecule has 1 saturated heterocycles. The van der Waals surface area contributed by atoms with E-state index in [9.17, 15) is 14.7 Å². The fourth-order valence-corrected chi connectivity index (χ4v) is 3.57. The van der Waals surface area contributed by atoms with Crippen molar-refractivity contribution in [3.8, 4) is 0 Å². The number of hydrogen-bond acceptors (Lipinski definition) is 2. The molecule has 2 N–H and O–H groups in total.